The number of ether oxygens (including phenoxy) is 1. The molecule has 2 amide bonds. The molecule has 1 N–H and O–H groups in total. The van der Waals surface area contributed by atoms with E-state index in [1.165, 1.54) is 24.4 Å². The van der Waals surface area contributed by atoms with Gasteiger partial charge >= 0.3 is 0 Å². The van der Waals surface area contributed by atoms with Crippen molar-refractivity contribution in [3.8, 4) is 17.1 Å². The Morgan fingerprint density at radius 1 is 0.947 bits per heavy atom. The Morgan fingerprint density at radius 2 is 1.71 bits per heavy atom. The molecule has 1 aliphatic heterocycles. The molecule has 194 valence electrons. The second kappa shape index (κ2) is 10.2. The Balaban J connectivity index is 1.37. The maximum atomic E-state index is 13.4. The smallest absolute Gasteiger partial charge is 0.295 e. The SMILES string of the molecule is COc1cnc(-c2cnc(N(C)C)cn2)c2[nH]cc(C(=O)C(=O)N3CCN(C(=O)c4ccccn4)CC3)c12. The fourth-order valence-corrected chi connectivity index (χ4v) is 4.34. The fourth-order valence-electron chi connectivity index (χ4n) is 4.34. The lowest BCUT2D eigenvalue weighted by Crippen LogP contribution is -2.52. The summed E-state index contributed by atoms with van der Waals surface area (Å²) in [7, 11) is 5.21. The lowest BCUT2D eigenvalue weighted by Gasteiger charge is -2.34. The van der Waals surface area contributed by atoms with Crippen LogP contribution >= 0.6 is 0 Å². The highest BCUT2D eigenvalue weighted by Gasteiger charge is 2.31. The average molecular weight is 515 g/mol. The normalized spacial score (nSPS) is 13.4. The molecule has 1 fully saturated rings. The van der Waals surface area contributed by atoms with E-state index in [1.807, 2.05) is 19.0 Å². The zero-order chi connectivity index (χ0) is 26.8. The number of amides is 2. The number of nitrogens with one attached hydrogen (secondary N) is 1. The van der Waals surface area contributed by atoms with Crippen molar-refractivity contribution in [3.63, 3.8) is 0 Å². The molecule has 0 aromatic carbocycles. The number of pyridine rings is 2. The summed E-state index contributed by atoms with van der Waals surface area (Å²) in [6, 6.07) is 5.14. The van der Waals surface area contributed by atoms with E-state index >= 15 is 0 Å². The van der Waals surface area contributed by atoms with Gasteiger partial charge in [0.05, 0.1) is 42.2 Å². The van der Waals surface area contributed by atoms with Crippen LogP contribution in [-0.4, -0.2) is 99.7 Å². The first kappa shape index (κ1) is 24.8. The van der Waals surface area contributed by atoms with Gasteiger partial charge in [0.25, 0.3) is 17.6 Å². The molecule has 1 aliphatic rings. The number of rotatable bonds is 6. The molecule has 1 saturated heterocycles. The van der Waals surface area contributed by atoms with Crippen LogP contribution in [0.25, 0.3) is 22.3 Å². The van der Waals surface area contributed by atoms with E-state index in [4.69, 9.17) is 4.74 Å². The van der Waals surface area contributed by atoms with Crippen molar-refractivity contribution in [1.29, 1.82) is 0 Å². The fraction of sp³-hybridized carbons (Fsp3) is 0.269. The largest absolute Gasteiger partial charge is 0.494 e. The molecule has 0 unspecified atom stereocenters. The van der Waals surface area contributed by atoms with Gasteiger partial charge in [0.1, 0.15) is 28.6 Å². The van der Waals surface area contributed by atoms with Crippen molar-refractivity contribution in [1.82, 2.24) is 34.7 Å². The molecule has 5 rings (SSSR count). The monoisotopic (exact) mass is 514 g/mol. The molecule has 0 atom stereocenters. The number of aromatic nitrogens is 5. The number of methoxy groups -OCH3 is 1. The van der Waals surface area contributed by atoms with Gasteiger partial charge in [-0.15, -0.1) is 0 Å². The van der Waals surface area contributed by atoms with Crippen LogP contribution in [-0.2, 0) is 4.79 Å². The molecule has 12 heteroatoms. The van der Waals surface area contributed by atoms with Crippen molar-refractivity contribution in [2.75, 3.05) is 52.3 Å². The van der Waals surface area contributed by atoms with Crippen LogP contribution in [0.15, 0.2) is 49.2 Å². The van der Waals surface area contributed by atoms with E-state index in [1.54, 1.807) is 41.7 Å². The highest BCUT2D eigenvalue weighted by molar-refractivity contribution is 6.45. The molecule has 5 heterocycles. The van der Waals surface area contributed by atoms with Crippen molar-refractivity contribution < 1.29 is 19.1 Å². The van der Waals surface area contributed by atoms with Crippen LogP contribution in [0.4, 0.5) is 5.82 Å². The maximum Gasteiger partial charge on any atom is 0.295 e. The minimum absolute atomic E-state index is 0.176. The minimum Gasteiger partial charge on any atom is -0.494 e. The zero-order valence-electron chi connectivity index (χ0n) is 21.2. The minimum atomic E-state index is -0.676. The van der Waals surface area contributed by atoms with Crippen LogP contribution in [0, 0.1) is 0 Å². The molecule has 0 saturated carbocycles. The molecule has 4 aromatic rings. The van der Waals surface area contributed by atoms with Gasteiger partial charge in [-0.2, -0.15) is 0 Å². The van der Waals surface area contributed by atoms with Gasteiger partial charge in [0.2, 0.25) is 0 Å². The first-order valence-electron chi connectivity index (χ1n) is 12.0. The van der Waals surface area contributed by atoms with Crippen LogP contribution < -0.4 is 9.64 Å². The van der Waals surface area contributed by atoms with Crippen LogP contribution in [0.5, 0.6) is 5.75 Å². The van der Waals surface area contributed by atoms with Gasteiger partial charge in [-0.1, -0.05) is 6.07 Å². The number of Topliss-reactive ketones (excluding diaryl/α,β-unsaturated/α-hetero) is 1. The number of carbonyl (C=O) groups is 3. The number of H-pyrrole nitrogens is 1. The number of hydrogen-bond donors (Lipinski definition) is 1. The highest BCUT2D eigenvalue weighted by atomic mass is 16.5. The summed E-state index contributed by atoms with van der Waals surface area (Å²) < 4.78 is 5.47. The summed E-state index contributed by atoms with van der Waals surface area (Å²) in [5.74, 6) is -0.484. The first-order chi connectivity index (χ1) is 18.4. The van der Waals surface area contributed by atoms with Crippen molar-refractivity contribution in [3.05, 3.63) is 60.4 Å². The second-order valence-corrected chi connectivity index (χ2v) is 8.91. The quantitative estimate of drug-likeness (QED) is 0.301. The Bertz CT molecular complexity index is 1490. The zero-order valence-corrected chi connectivity index (χ0v) is 21.2. The third-order valence-corrected chi connectivity index (χ3v) is 6.41. The summed E-state index contributed by atoms with van der Waals surface area (Å²) in [5.41, 5.74) is 2.02. The lowest BCUT2D eigenvalue weighted by atomic mass is 10.1. The van der Waals surface area contributed by atoms with Crippen molar-refractivity contribution >= 4 is 34.3 Å². The molecule has 0 spiro atoms. The standard InChI is InChI=1S/C26H26N8O4/c1-32(2)20-15-28-18(13-29-20)22-23-21(19(38-3)14-31-22)16(12-30-23)24(35)26(37)34-10-8-33(9-11-34)25(36)17-6-4-5-7-27-17/h4-7,12-15,30H,8-11H2,1-3H3. The third-order valence-electron chi connectivity index (χ3n) is 6.41. The highest BCUT2D eigenvalue weighted by Crippen LogP contribution is 2.34. The van der Waals surface area contributed by atoms with Crippen molar-refractivity contribution in [2.45, 2.75) is 0 Å². The first-order valence-corrected chi connectivity index (χ1v) is 12.0. The van der Waals surface area contributed by atoms with Gasteiger partial charge < -0.3 is 24.4 Å². The number of ketones is 1. The summed E-state index contributed by atoms with van der Waals surface area (Å²) in [4.78, 5) is 64.7. The van der Waals surface area contributed by atoms with E-state index in [0.29, 0.717) is 52.6 Å². The second-order valence-electron chi connectivity index (χ2n) is 8.91. The van der Waals surface area contributed by atoms with E-state index in [9.17, 15) is 14.4 Å². The molecular weight excluding hydrogens is 488 g/mol. The number of hydrogen-bond acceptors (Lipinski definition) is 9. The Kier molecular flexibility index (Phi) is 6.69. The molecule has 4 aromatic heterocycles. The van der Waals surface area contributed by atoms with Gasteiger partial charge in [0, 0.05) is 52.7 Å². The number of aromatic amines is 1. The molecular formula is C26H26N8O4. The topological polar surface area (TPSA) is 138 Å². The Labute approximate surface area is 218 Å². The number of nitrogens with zero attached hydrogens (tertiary/aromatic N) is 7. The Morgan fingerprint density at radius 3 is 2.34 bits per heavy atom. The summed E-state index contributed by atoms with van der Waals surface area (Å²) in [6.07, 6.45) is 7.78. The van der Waals surface area contributed by atoms with E-state index in [-0.39, 0.29) is 24.6 Å². The number of piperazine rings is 1. The maximum absolute atomic E-state index is 13.4. The number of fused-ring (bicyclic) bond motifs is 1. The molecule has 0 aliphatic carbocycles. The van der Waals surface area contributed by atoms with E-state index < -0.39 is 11.7 Å². The van der Waals surface area contributed by atoms with E-state index in [0.717, 1.165) is 0 Å². The molecule has 0 radical (unpaired) electrons. The van der Waals surface area contributed by atoms with Crippen molar-refractivity contribution in [2.24, 2.45) is 0 Å². The summed E-state index contributed by atoms with van der Waals surface area (Å²) in [5, 5.41) is 0.443. The molecule has 38 heavy (non-hydrogen) atoms. The molecule has 0 bridgehead atoms. The number of carbonyl (C=O) groups excluding carboxylic acids is 3. The van der Waals surface area contributed by atoms with Gasteiger partial charge in [0.15, 0.2) is 0 Å². The van der Waals surface area contributed by atoms with Crippen LogP contribution in [0.3, 0.4) is 0 Å². The van der Waals surface area contributed by atoms with Gasteiger partial charge in [-0.3, -0.25) is 19.4 Å². The van der Waals surface area contributed by atoms with Crippen LogP contribution in [0.1, 0.15) is 20.8 Å². The number of anilines is 1. The molecule has 12 nitrogen and oxygen atoms in total. The predicted molar refractivity (Wildman–Crippen MR) is 139 cm³/mol. The average Bonchev–Trinajstić information content (AvgIpc) is 3.41. The third kappa shape index (κ3) is 4.51. The van der Waals surface area contributed by atoms with Gasteiger partial charge in [-0.05, 0) is 12.1 Å². The summed E-state index contributed by atoms with van der Waals surface area (Å²) in [6.45, 7) is 1.09. The summed E-state index contributed by atoms with van der Waals surface area (Å²) >= 11 is 0. The lowest BCUT2D eigenvalue weighted by molar-refractivity contribution is -0.127. The van der Waals surface area contributed by atoms with Gasteiger partial charge in [-0.25, -0.2) is 15.0 Å². The van der Waals surface area contributed by atoms with Crippen LogP contribution in [0.2, 0.25) is 0 Å². The van der Waals surface area contributed by atoms with E-state index in [2.05, 4.69) is 24.9 Å². The Hall–Kier alpha value is -4.87. The predicted octanol–water partition coefficient (Wildman–Crippen LogP) is 1.66.